The summed E-state index contributed by atoms with van der Waals surface area (Å²) in [4.78, 5) is 2.46. The van der Waals surface area contributed by atoms with E-state index in [1.165, 1.54) is 108 Å². The molecule has 0 spiro atoms. The van der Waals surface area contributed by atoms with Gasteiger partial charge in [0.25, 0.3) is 0 Å². The van der Waals surface area contributed by atoms with Crippen LogP contribution in [0.4, 0.5) is 17.1 Å². The second-order valence-corrected chi connectivity index (χ2v) is 17.1. The Balaban J connectivity index is 0.978. The largest absolute Gasteiger partial charge is 0.309 e. The first-order valence-electron chi connectivity index (χ1n) is 20.9. The lowest BCUT2D eigenvalue weighted by Crippen LogP contribution is -2.10. The number of nitrogens with zero attached hydrogens (tertiary/aromatic N) is 2. The number of rotatable bonds is 5. The molecule has 284 valence electrons. The van der Waals surface area contributed by atoms with Crippen LogP contribution in [0.25, 0.3) is 102 Å². The molecule has 0 radical (unpaired) electrons. The molecule has 11 aromatic carbocycles. The predicted octanol–water partition coefficient (Wildman–Crippen LogP) is 16.9. The van der Waals surface area contributed by atoms with Crippen LogP contribution in [0.1, 0.15) is 0 Å². The van der Waals surface area contributed by atoms with E-state index in [2.05, 4.69) is 228 Å². The molecule has 2 heterocycles. The van der Waals surface area contributed by atoms with E-state index in [-0.39, 0.29) is 0 Å². The van der Waals surface area contributed by atoms with E-state index in [4.69, 9.17) is 0 Å². The van der Waals surface area contributed by atoms with Crippen LogP contribution in [0.15, 0.2) is 218 Å². The van der Waals surface area contributed by atoms with Gasteiger partial charge in [-0.15, -0.1) is 11.3 Å². The molecular formula is C58H36N2S. The first kappa shape index (κ1) is 34.2. The highest BCUT2D eigenvalue weighted by atomic mass is 32.1. The maximum atomic E-state index is 2.46. The molecule has 0 aliphatic rings. The molecule has 0 amide bonds. The van der Waals surface area contributed by atoms with Gasteiger partial charge in [0.15, 0.2) is 0 Å². The number of hydrogen-bond acceptors (Lipinski definition) is 2. The molecule has 0 N–H and O–H groups in total. The van der Waals surface area contributed by atoms with Gasteiger partial charge in [0.1, 0.15) is 0 Å². The highest BCUT2D eigenvalue weighted by Crippen LogP contribution is 2.47. The Labute approximate surface area is 356 Å². The lowest BCUT2D eigenvalue weighted by molar-refractivity contribution is 1.19. The zero-order valence-corrected chi connectivity index (χ0v) is 33.9. The van der Waals surface area contributed by atoms with Crippen molar-refractivity contribution in [2.24, 2.45) is 0 Å². The van der Waals surface area contributed by atoms with Crippen molar-refractivity contribution in [3.05, 3.63) is 218 Å². The fourth-order valence-electron chi connectivity index (χ4n) is 9.92. The second-order valence-electron chi connectivity index (χ2n) is 16.1. The lowest BCUT2D eigenvalue weighted by Gasteiger charge is -2.27. The molecule has 0 saturated heterocycles. The van der Waals surface area contributed by atoms with Crippen LogP contribution in [0, 0.1) is 0 Å². The number of hydrogen-bond donors (Lipinski definition) is 0. The Morgan fingerprint density at radius 3 is 1.70 bits per heavy atom. The third kappa shape index (κ3) is 5.28. The molecule has 61 heavy (non-hydrogen) atoms. The maximum Gasteiger partial charge on any atom is 0.0640 e. The van der Waals surface area contributed by atoms with Gasteiger partial charge in [-0.2, -0.15) is 0 Å². The van der Waals surface area contributed by atoms with Gasteiger partial charge in [-0.05, 0) is 121 Å². The van der Waals surface area contributed by atoms with Gasteiger partial charge in [0.2, 0.25) is 0 Å². The fraction of sp³-hybridized carbons (Fsp3) is 0. The van der Waals surface area contributed by atoms with Crippen molar-refractivity contribution in [2.45, 2.75) is 0 Å². The molecule has 2 aromatic heterocycles. The van der Waals surface area contributed by atoms with Crippen molar-refractivity contribution in [3.63, 3.8) is 0 Å². The minimum absolute atomic E-state index is 1.12. The smallest absolute Gasteiger partial charge is 0.0640 e. The molecule has 0 atom stereocenters. The number of benzene rings is 11. The van der Waals surface area contributed by atoms with Crippen LogP contribution in [-0.2, 0) is 0 Å². The maximum absolute atomic E-state index is 2.46. The minimum atomic E-state index is 1.12. The van der Waals surface area contributed by atoms with E-state index in [1.807, 2.05) is 11.3 Å². The average Bonchev–Trinajstić information content (AvgIpc) is 3.88. The Kier molecular flexibility index (Phi) is 7.51. The van der Waals surface area contributed by atoms with Crippen molar-refractivity contribution in [3.8, 4) is 16.8 Å². The molecule has 0 saturated carbocycles. The van der Waals surface area contributed by atoms with Crippen LogP contribution in [0.2, 0.25) is 0 Å². The van der Waals surface area contributed by atoms with Gasteiger partial charge in [-0.25, -0.2) is 0 Å². The summed E-state index contributed by atoms with van der Waals surface area (Å²) >= 11 is 1.87. The van der Waals surface area contributed by atoms with Gasteiger partial charge in [0, 0.05) is 43.3 Å². The Morgan fingerprint density at radius 1 is 0.328 bits per heavy atom. The zero-order valence-electron chi connectivity index (χ0n) is 33.1. The third-order valence-electron chi connectivity index (χ3n) is 12.7. The van der Waals surface area contributed by atoms with E-state index in [9.17, 15) is 0 Å². The number of para-hydroxylation sites is 1. The number of thiophene rings is 1. The van der Waals surface area contributed by atoms with Crippen molar-refractivity contribution < 1.29 is 0 Å². The minimum Gasteiger partial charge on any atom is -0.309 e. The van der Waals surface area contributed by atoms with Crippen LogP contribution in [0.5, 0.6) is 0 Å². The summed E-state index contributed by atoms with van der Waals surface area (Å²) in [6.07, 6.45) is 0. The highest BCUT2D eigenvalue weighted by molar-refractivity contribution is 7.26. The molecule has 0 bridgehead atoms. The van der Waals surface area contributed by atoms with Crippen LogP contribution >= 0.6 is 11.3 Å². The molecule has 2 nitrogen and oxygen atoms in total. The predicted molar refractivity (Wildman–Crippen MR) is 264 cm³/mol. The van der Waals surface area contributed by atoms with Crippen LogP contribution in [0.3, 0.4) is 0 Å². The lowest BCUT2D eigenvalue weighted by atomic mass is 9.94. The fourth-order valence-corrected chi connectivity index (χ4v) is 11.1. The summed E-state index contributed by atoms with van der Waals surface area (Å²) in [6, 6.07) is 80.6. The molecular weight excluding hydrogens is 757 g/mol. The first-order chi connectivity index (χ1) is 30.2. The quantitative estimate of drug-likeness (QED) is 0.158. The van der Waals surface area contributed by atoms with Crippen LogP contribution < -0.4 is 4.90 Å². The number of anilines is 3. The molecule has 0 aliphatic carbocycles. The normalized spacial score (nSPS) is 11.9. The standard InChI is InChI=1S/C58H36N2S/c1-2-13-39-34-42(30-26-37(39)12-1)60-54-21-9-7-18-49(54)53-35-40(27-33-55(53)60)38-24-28-41(29-25-38)59(56-22-11-20-51-50-19-8-10-23-57(50)61-58(51)56)43-31-32-48-46-16-4-3-14-44(46)45-15-5-6-17-47(45)52(48)36-43/h1-36H. The molecule has 13 aromatic rings. The van der Waals surface area contributed by atoms with Gasteiger partial charge < -0.3 is 9.47 Å². The summed E-state index contributed by atoms with van der Waals surface area (Å²) in [5.74, 6) is 0. The summed E-state index contributed by atoms with van der Waals surface area (Å²) in [5.41, 5.74) is 9.40. The van der Waals surface area contributed by atoms with E-state index in [0.717, 1.165) is 11.4 Å². The van der Waals surface area contributed by atoms with Crippen molar-refractivity contribution >= 4 is 113 Å². The Morgan fingerprint density at radius 2 is 0.918 bits per heavy atom. The summed E-state index contributed by atoms with van der Waals surface area (Å²) < 4.78 is 4.99. The Hall–Kier alpha value is -7.72. The topological polar surface area (TPSA) is 8.17 Å². The summed E-state index contributed by atoms with van der Waals surface area (Å²) in [7, 11) is 0. The van der Waals surface area contributed by atoms with Crippen molar-refractivity contribution in [1.82, 2.24) is 4.57 Å². The van der Waals surface area contributed by atoms with E-state index in [1.54, 1.807) is 0 Å². The zero-order chi connectivity index (χ0) is 40.0. The number of aromatic nitrogens is 1. The average molecular weight is 793 g/mol. The van der Waals surface area contributed by atoms with E-state index >= 15 is 0 Å². The van der Waals surface area contributed by atoms with E-state index in [0.29, 0.717) is 0 Å². The summed E-state index contributed by atoms with van der Waals surface area (Å²) in [6.45, 7) is 0. The van der Waals surface area contributed by atoms with Gasteiger partial charge in [-0.1, -0.05) is 152 Å². The monoisotopic (exact) mass is 792 g/mol. The summed E-state index contributed by atoms with van der Waals surface area (Å²) in [5, 5.41) is 15.2. The number of fused-ring (bicyclic) bond motifs is 13. The molecule has 13 rings (SSSR count). The second kappa shape index (κ2) is 13.4. The SMILES string of the molecule is c1ccc2cc(-n3c4ccccc4c4cc(-c5ccc(N(c6ccc7c8ccccc8c8ccccc8c7c6)c6cccc7c6sc6ccccc67)cc5)ccc43)ccc2c1. The molecule has 3 heteroatoms. The molecule has 0 fully saturated rings. The van der Waals surface area contributed by atoms with Gasteiger partial charge in [0.05, 0.1) is 21.4 Å². The first-order valence-corrected chi connectivity index (χ1v) is 21.7. The molecule has 0 aliphatic heterocycles. The van der Waals surface area contributed by atoms with Gasteiger partial charge in [-0.3, -0.25) is 0 Å². The van der Waals surface area contributed by atoms with Crippen molar-refractivity contribution in [2.75, 3.05) is 4.90 Å². The van der Waals surface area contributed by atoms with E-state index < -0.39 is 0 Å². The molecule has 0 unspecified atom stereocenters. The van der Waals surface area contributed by atoms with Crippen molar-refractivity contribution in [1.29, 1.82) is 0 Å². The van der Waals surface area contributed by atoms with Gasteiger partial charge >= 0.3 is 0 Å². The third-order valence-corrected chi connectivity index (χ3v) is 13.9. The Bertz CT molecular complexity index is 3850. The van der Waals surface area contributed by atoms with Crippen LogP contribution in [-0.4, -0.2) is 4.57 Å². The highest BCUT2D eigenvalue weighted by Gasteiger charge is 2.20.